The normalized spacial score (nSPS) is 11.1. The Bertz CT molecular complexity index is 462. The van der Waals surface area contributed by atoms with Gasteiger partial charge in [0.05, 0.1) is 11.2 Å². The van der Waals surface area contributed by atoms with Gasteiger partial charge in [0.2, 0.25) is 0 Å². The van der Waals surface area contributed by atoms with E-state index in [1.54, 1.807) is 0 Å². The van der Waals surface area contributed by atoms with Crippen LogP contribution in [0.4, 0.5) is 0 Å². The van der Waals surface area contributed by atoms with Gasteiger partial charge in [0.1, 0.15) is 0 Å². The molecule has 1 aromatic carbocycles. The molecule has 0 bridgehead atoms. The maximum Gasteiger partial charge on any atom is 0.0927 e. The molecule has 0 aliphatic rings. The average Bonchev–Trinajstić information content (AvgIpc) is 2.45. The van der Waals surface area contributed by atoms with E-state index in [4.69, 9.17) is 0 Å². The number of hydrogen-bond acceptors (Lipinski definition) is 2. The molecule has 2 aromatic rings. The van der Waals surface area contributed by atoms with Gasteiger partial charge < -0.3 is 5.32 Å². The molecule has 1 N–H and O–H groups in total. The van der Waals surface area contributed by atoms with Crippen LogP contribution in [0.3, 0.4) is 0 Å². The summed E-state index contributed by atoms with van der Waals surface area (Å²) in [7, 11) is 3.91. The van der Waals surface area contributed by atoms with E-state index >= 15 is 0 Å². The zero-order valence-corrected chi connectivity index (χ0v) is 9.80. The molecule has 2 rings (SSSR count). The lowest BCUT2D eigenvalue weighted by molar-refractivity contribution is 0.680. The van der Waals surface area contributed by atoms with E-state index in [2.05, 4.69) is 32.4 Å². The van der Waals surface area contributed by atoms with Crippen molar-refractivity contribution in [1.82, 2.24) is 15.1 Å². The maximum atomic E-state index is 4.43. The number of nitrogens with one attached hydrogen (secondary N) is 1. The third kappa shape index (κ3) is 1.55. The Morgan fingerprint density at radius 2 is 2.29 bits per heavy atom. The second kappa shape index (κ2) is 3.71. The van der Waals surface area contributed by atoms with Gasteiger partial charge in [-0.3, -0.25) is 4.68 Å². The largest absolute Gasteiger partial charge is 0.314 e. The molecule has 0 aliphatic carbocycles. The number of benzene rings is 1. The van der Waals surface area contributed by atoms with E-state index in [1.165, 1.54) is 11.1 Å². The molecule has 0 spiro atoms. The Hall–Kier alpha value is -0.870. The first kappa shape index (κ1) is 9.68. The van der Waals surface area contributed by atoms with Gasteiger partial charge in [-0.1, -0.05) is 15.9 Å². The minimum Gasteiger partial charge on any atom is -0.314 e. The third-order valence-electron chi connectivity index (χ3n) is 2.26. The Morgan fingerprint density at radius 3 is 3.00 bits per heavy atom. The van der Waals surface area contributed by atoms with E-state index in [0.29, 0.717) is 0 Å². The second-order valence-corrected chi connectivity index (χ2v) is 4.18. The quantitative estimate of drug-likeness (QED) is 0.888. The van der Waals surface area contributed by atoms with Gasteiger partial charge >= 0.3 is 0 Å². The number of nitrogens with zero attached hydrogens (tertiary/aromatic N) is 2. The lowest BCUT2D eigenvalue weighted by Gasteiger charge is -2.00. The van der Waals surface area contributed by atoms with Crippen LogP contribution in [0.5, 0.6) is 0 Å². The summed E-state index contributed by atoms with van der Waals surface area (Å²) < 4.78 is 3.02. The fourth-order valence-corrected chi connectivity index (χ4v) is 1.96. The Labute approximate surface area is 91.2 Å². The lowest BCUT2D eigenvalue weighted by Crippen LogP contribution is -2.09. The van der Waals surface area contributed by atoms with Gasteiger partial charge in [-0.05, 0) is 25.2 Å². The van der Waals surface area contributed by atoms with Crippen molar-refractivity contribution in [1.29, 1.82) is 0 Å². The molecule has 4 heteroatoms. The summed E-state index contributed by atoms with van der Waals surface area (Å²) in [6, 6.07) is 6.14. The van der Waals surface area contributed by atoms with E-state index in [0.717, 1.165) is 16.5 Å². The van der Waals surface area contributed by atoms with Crippen molar-refractivity contribution in [2.75, 3.05) is 7.05 Å². The first-order valence-corrected chi connectivity index (χ1v) is 5.27. The summed E-state index contributed by atoms with van der Waals surface area (Å²) in [6.45, 7) is 0.837. The Morgan fingerprint density at radius 1 is 1.50 bits per heavy atom. The highest BCUT2D eigenvalue weighted by molar-refractivity contribution is 9.10. The SMILES string of the molecule is CNCc1c2cc(Br)ccc2nn1C. The molecule has 0 aliphatic heterocycles. The molecule has 0 fully saturated rings. The molecule has 1 aromatic heterocycles. The summed E-state index contributed by atoms with van der Waals surface area (Å²) in [5.41, 5.74) is 2.25. The number of aryl methyl sites for hydroxylation is 1. The lowest BCUT2D eigenvalue weighted by atomic mass is 10.2. The Balaban J connectivity index is 2.66. The van der Waals surface area contributed by atoms with Gasteiger partial charge in [0.15, 0.2) is 0 Å². The number of rotatable bonds is 2. The van der Waals surface area contributed by atoms with Crippen LogP contribution in [0.1, 0.15) is 5.69 Å². The summed E-state index contributed by atoms with van der Waals surface area (Å²) in [5, 5.41) is 8.78. The monoisotopic (exact) mass is 253 g/mol. The van der Waals surface area contributed by atoms with Gasteiger partial charge in [0.25, 0.3) is 0 Å². The first-order valence-electron chi connectivity index (χ1n) is 4.48. The molecular formula is C10H12BrN3. The fourth-order valence-electron chi connectivity index (χ4n) is 1.60. The van der Waals surface area contributed by atoms with Crippen molar-refractivity contribution in [3.63, 3.8) is 0 Å². The smallest absolute Gasteiger partial charge is 0.0927 e. The van der Waals surface area contributed by atoms with E-state index in [9.17, 15) is 0 Å². The zero-order chi connectivity index (χ0) is 10.1. The molecule has 3 nitrogen and oxygen atoms in total. The summed E-state index contributed by atoms with van der Waals surface area (Å²) >= 11 is 3.47. The highest BCUT2D eigenvalue weighted by Gasteiger charge is 2.07. The third-order valence-corrected chi connectivity index (χ3v) is 2.76. The maximum absolute atomic E-state index is 4.43. The highest BCUT2D eigenvalue weighted by Crippen LogP contribution is 2.22. The van der Waals surface area contributed by atoms with Crippen molar-refractivity contribution >= 4 is 26.8 Å². The molecule has 0 saturated carbocycles. The average molecular weight is 254 g/mol. The number of hydrogen-bond donors (Lipinski definition) is 1. The first-order chi connectivity index (χ1) is 6.72. The van der Waals surface area contributed by atoms with Gasteiger partial charge in [0, 0.05) is 23.5 Å². The van der Waals surface area contributed by atoms with Crippen LogP contribution < -0.4 is 5.32 Å². The predicted molar refractivity (Wildman–Crippen MR) is 61.2 cm³/mol. The molecule has 0 radical (unpaired) electrons. The van der Waals surface area contributed by atoms with Crippen LogP contribution in [-0.2, 0) is 13.6 Å². The zero-order valence-electron chi connectivity index (χ0n) is 8.21. The number of fused-ring (bicyclic) bond motifs is 1. The van der Waals surface area contributed by atoms with Crippen LogP contribution >= 0.6 is 15.9 Å². The summed E-state index contributed by atoms with van der Waals surface area (Å²) in [5.74, 6) is 0. The number of aromatic nitrogens is 2. The molecule has 14 heavy (non-hydrogen) atoms. The van der Waals surface area contributed by atoms with Crippen molar-refractivity contribution in [3.05, 3.63) is 28.4 Å². The van der Waals surface area contributed by atoms with E-state index in [-0.39, 0.29) is 0 Å². The molecule has 1 heterocycles. The van der Waals surface area contributed by atoms with E-state index < -0.39 is 0 Å². The summed E-state index contributed by atoms with van der Waals surface area (Å²) in [6.07, 6.45) is 0. The van der Waals surface area contributed by atoms with Crippen LogP contribution in [0.15, 0.2) is 22.7 Å². The van der Waals surface area contributed by atoms with Crippen LogP contribution in [0.25, 0.3) is 10.9 Å². The highest BCUT2D eigenvalue weighted by atomic mass is 79.9. The molecule has 0 unspecified atom stereocenters. The van der Waals surface area contributed by atoms with Gasteiger partial charge in [-0.25, -0.2) is 0 Å². The summed E-state index contributed by atoms with van der Waals surface area (Å²) in [4.78, 5) is 0. The topological polar surface area (TPSA) is 29.9 Å². The van der Waals surface area contributed by atoms with Crippen molar-refractivity contribution < 1.29 is 0 Å². The molecular weight excluding hydrogens is 242 g/mol. The van der Waals surface area contributed by atoms with Crippen LogP contribution in [-0.4, -0.2) is 16.8 Å². The predicted octanol–water partition coefficient (Wildman–Crippen LogP) is 2.06. The number of halogens is 1. The molecule has 0 atom stereocenters. The standard InChI is InChI=1S/C10H12BrN3/c1-12-6-10-8-5-7(11)3-4-9(8)13-14(10)2/h3-5,12H,6H2,1-2H3. The van der Waals surface area contributed by atoms with Crippen LogP contribution in [0, 0.1) is 0 Å². The molecule has 0 amide bonds. The van der Waals surface area contributed by atoms with Crippen LogP contribution in [0.2, 0.25) is 0 Å². The Kier molecular flexibility index (Phi) is 2.56. The van der Waals surface area contributed by atoms with Gasteiger partial charge in [-0.2, -0.15) is 5.10 Å². The van der Waals surface area contributed by atoms with Crippen molar-refractivity contribution in [2.24, 2.45) is 7.05 Å². The van der Waals surface area contributed by atoms with Crippen molar-refractivity contribution in [2.45, 2.75) is 6.54 Å². The minimum absolute atomic E-state index is 0.837. The molecule has 74 valence electrons. The molecule has 0 saturated heterocycles. The fraction of sp³-hybridized carbons (Fsp3) is 0.300. The van der Waals surface area contributed by atoms with E-state index in [1.807, 2.05) is 30.9 Å². The minimum atomic E-state index is 0.837. The van der Waals surface area contributed by atoms with Gasteiger partial charge in [-0.15, -0.1) is 0 Å². The second-order valence-electron chi connectivity index (χ2n) is 3.26. The van der Waals surface area contributed by atoms with Crippen molar-refractivity contribution in [3.8, 4) is 0 Å².